The summed E-state index contributed by atoms with van der Waals surface area (Å²) in [5, 5.41) is 0. The first-order valence-corrected chi connectivity index (χ1v) is 10.6. The summed E-state index contributed by atoms with van der Waals surface area (Å²) in [5.41, 5.74) is 0. The molecule has 2 rings (SSSR count). The van der Waals surface area contributed by atoms with E-state index in [9.17, 15) is 22.8 Å². The maximum absolute atomic E-state index is 12.5. The Labute approximate surface area is 148 Å². The zero-order chi connectivity index (χ0) is 18.6. The van der Waals surface area contributed by atoms with Crippen molar-refractivity contribution in [2.45, 2.75) is 39.2 Å². The summed E-state index contributed by atoms with van der Waals surface area (Å²) in [4.78, 5) is 39.6. The quantitative estimate of drug-likeness (QED) is 0.500. The molecule has 2 amide bonds. The molecule has 25 heavy (non-hydrogen) atoms. The Kier molecular flexibility index (Phi) is 6.42. The highest BCUT2D eigenvalue weighted by Gasteiger charge is 2.38. The van der Waals surface area contributed by atoms with Crippen molar-refractivity contribution < 1.29 is 27.5 Å². The van der Waals surface area contributed by atoms with E-state index in [2.05, 4.69) is 0 Å². The number of esters is 1. The number of rotatable bonds is 4. The Morgan fingerprint density at radius 3 is 2.24 bits per heavy atom. The van der Waals surface area contributed by atoms with Crippen molar-refractivity contribution in [2.24, 2.45) is 5.92 Å². The molecule has 9 heteroatoms. The number of piperidine rings is 1. The standard InChI is InChI=1S/C16H26N2O6S/c1-3-18(13-7-10-25(22,23)11-13)15(20)14(19)17-8-5-12(6-9-17)16(21)24-4-2/h12-13H,3-11H2,1-2H3. The van der Waals surface area contributed by atoms with Crippen LogP contribution < -0.4 is 0 Å². The van der Waals surface area contributed by atoms with E-state index < -0.39 is 27.7 Å². The fourth-order valence-electron chi connectivity index (χ4n) is 3.43. The van der Waals surface area contributed by atoms with E-state index >= 15 is 0 Å². The minimum absolute atomic E-state index is 0.0561. The maximum Gasteiger partial charge on any atom is 0.312 e. The van der Waals surface area contributed by atoms with E-state index in [0.29, 0.717) is 45.5 Å². The molecule has 2 fully saturated rings. The molecule has 0 aromatic carbocycles. The molecule has 0 N–H and O–H groups in total. The molecule has 2 aliphatic heterocycles. The Bertz CT molecular complexity index is 625. The Morgan fingerprint density at radius 1 is 1.12 bits per heavy atom. The highest BCUT2D eigenvalue weighted by molar-refractivity contribution is 7.91. The third-order valence-electron chi connectivity index (χ3n) is 4.84. The van der Waals surface area contributed by atoms with Gasteiger partial charge in [-0.25, -0.2) is 8.42 Å². The Morgan fingerprint density at radius 2 is 1.76 bits per heavy atom. The van der Waals surface area contributed by atoms with Gasteiger partial charge in [-0.15, -0.1) is 0 Å². The highest BCUT2D eigenvalue weighted by atomic mass is 32.2. The molecular weight excluding hydrogens is 348 g/mol. The van der Waals surface area contributed by atoms with Crippen LogP contribution >= 0.6 is 0 Å². The molecule has 0 bridgehead atoms. The van der Waals surface area contributed by atoms with Crippen molar-refractivity contribution in [3.05, 3.63) is 0 Å². The van der Waals surface area contributed by atoms with Crippen LogP contribution in [0.5, 0.6) is 0 Å². The molecule has 0 saturated carbocycles. The molecule has 2 aliphatic rings. The molecule has 8 nitrogen and oxygen atoms in total. The van der Waals surface area contributed by atoms with Gasteiger partial charge >= 0.3 is 17.8 Å². The van der Waals surface area contributed by atoms with Gasteiger partial charge in [0.25, 0.3) is 0 Å². The van der Waals surface area contributed by atoms with Crippen LogP contribution in [-0.2, 0) is 29.0 Å². The summed E-state index contributed by atoms with van der Waals surface area (Å²) >= 11 is 0. The molecule has 1 atom stereocenters. The number of carbonyl (C=O) groups excluding carboxylic acids is 3. The minimum Gasteiger partial charge on any atom is -0.466 e. The molecule has 0 radical (unpaired) electrons. The smallest absolute Gasteiger partial charge is 0.312 e. The van der Waals surface area contributed by atoms with Gasteiger partial charge in [0.05, 0.1) is 24.0 Å². The molecule has 0 aromatic heterocycles. The Balaban J connectivity index is 1.93. The third kappa shape index (κ3) is 4.71. The molecule has 0 aromatic rings. The maximum atomic E-state index is 12.5. The monoisotopic (exact) mass is 374 g/mol. The van der Waals surface area contributed by atoms with Crippen LogP contribution in [0, 0.1) is 5.92 Å². The van der Waals surface area contributed by atoms with E-state index in [0.717, 1.165) is 0 Å². The summed E-state index contributed by atoms with van der Waals surface area (Å²) in [6, 6.07) is -0.427. The van der Waals surface area contributed by atoms with Gasteiger partial charge < -0.3 is 14.5 Å². The SMILES string of the molecule is CCOC(=O)C1CCN(C(=O)C(=O)N(CC)C2CCS(=O)(=O)C2)CC1. The second kappa shape index (κ2) is 8.16. The van der Waals surface area contributed by atoms with Crippen molar-refractivity contribution in [2.75, 3.05) is 37.7 Å². The van der Waals surface area contributed by atoms with Crippen molar-refractivity contribution >= 4 is 27.6 Å². The topological polar surface area (TPSA) is 101 Å². The summed E-state index contributed by atoms with van der Waals surface area (Å²) in [6.07, 6.45) is 1.32. The van der Waals surface area contributed by atoms with E-state index in [4.69, 9.17) is 4.74 Å². The predicted octanol–water partition coefficient (Wildman–Crippen LogP) is -0.176. The number of sulfone groups is 1. The largest absolute Gasteiger partial charge is 0.466 e. The number of hydrogen-bond acceptors (Lipinski definition) is 6. The summed E-state index contributed by atoms with van der Waals surface area (Å²) < 4.78 is 28.3. The van der Waals surface area contributed by atoms with E-state index in [-0.39, 0.29) is 23.4 Å². The molecule has 1 unspecified atom stereocenters. The van der Waals surface area contributed by atoms with E-state index in [1.807, 2.05) is 0 Å². The fourth-order valence-corrected chi connectivity index (χ4v) is 5.16. The second-order valence-electron chi connectivity index (χ2n) is 6.47. The van der Waals surface area contributed by atoms with Gasteiger partial charge in [-0.3, -0.25) is 14.4 Å². The first-order valence-electron chi connectivity index (χ1n) is 8.76. The van der Waals surface area contributed by atoms with Gasteiger partial charge in [-0.05, 0) is 33.1 Å². The van der Waals surface area contributed by atoms with Gasteiger partial charge in [0.15, 0.2) is 9.84 Å². The van der Waals surface area contributed by atoms with Crippen LogP contribution in [0.1, 0.15) is 33.1 Å². The van der Waals surface area contributed by atoms with Crippen LogP contribution in [0.15, 0.2) is 0 Å². The Hall–Kier alpha value is -1.64. The van der Waals surface area contributed by atoms with Gasteiger partial charge in [-0.1, -0.05) is 0 Å². The number of ether oxygens (including phenoxy) is 1. The predicted molar refractivity (Wildman–Crippen MR) is 90.4 cm³/mol. The van der Waals surface area contributed by atoms with Crippen LogP contribution in [0.4, 0.5) is 0 Å². The normalized spacial score (nSPS) is 23.3. The molecule has 142 valence electrons. The number of amides is 2. The number of likely N-dealkylation sites (tertiary alicyclic amines) is 1. The average molecular weight is 374 g/mol. The lowest BCUT2D eigenvalue weighted by molar-refractivity contribution is -0.156. The lowest BCUT2D eigenvalue weighted by Gasteiger charge is -2.33. The zero-order valence-corrected chi connectivity index (χ0v) is 15.6. The van der Waals surface area contributed by atoms with Crippen molar-refractivity contribution in [3.8, 4) is 0 Å². The molecule has 0 aliphatic carbocycles. The minimum atomic E-state index is -3.13. The summed E-state index contributed by atoms with van der Waals surface area (Å²) in [5.74, 6) is -1.79. The number of nitrogens with zero attached hydrogens (tertiary/aromatic N) is 2. The third-order valence-corrected chi connectivity index (χ3v) is 6.59. The molecule has 0 spiro atoms. The number of likely N-dealkylation sites (N-methyl/N-ethyl adjacent to an activating group) is 1. The van der Waals surface area contributed by atoms with Crippen LogP contribution in [0.2, 0.25) is 0 Å². The van der Waals surface area contributed by atoms with Crippen molar-refractivity contribution in [1.29, 1.82) is 0 Å². The molecular formula is C16H26N2O6S. The summed E-state index contributed by atoms with van der Waals surface area (Å²) in [7, 11) is -3.13. The number of hydrogen-bond donors (Lipinski definition) is 0. The van der Waals surface area contributed by atoms with Gasteiger partial charge in [0.1, 0.15) is 0 Å². The van der Waals surface area contributed by atoms with Crippen LogP contribution in [-0.4, -0.2) is 79.8 Å². The summed E-state index contributed by atoms with van der Waals surface area (Å²) in [6.45, 7) is 4.76. The highest BCUT2D eigenvalue weighted by Crippen LogP contribution is 2.21. The van der Waals surface area contributed by atoms with E-state index in [1.54, 1.807) is 13.8 Å². The first kappa shape index (κ1) is 19.7. The average Bonchev–Trinajstić information content (AvgIpc) is 2.94. The second-order valence-corrected chi connectivity index (χ2v) is 8.70. The van der Waals surface area contributed by atoms with Gasteiger partial charge in [0.2, 0.25) is 0 Å². The van der Waals surface area contributed by atoms with Gasteiger partial charge in [0, 0.05) is 25.7 Å². The molecule has 2 saturated heterocycles. The van der Waals surface area contributed by atoms with Crippen LogP contribution in [0.25, 0.3) is 0 Å². The lowest BCUT2D eigenvalue weighted by atomic mass is 9.97. The van der Waals surface area contributed by atoms with Crippen LogP contribution in [0.3, 0.4) is 0 Å². The fraction of sp³-hybridized carbons (Fsp3) is 0.812. The molecule has 2 heterocycles. The zero-order valence-electron chi connectivity index (χ0n) is 14.8. The first-order chi connectivity index (χ1) is 11.8. The van der Waals surface area contributed by atoms with Gasteiger partial charge in [-0.2, -0.15) is 0 Å². The number of carbonyl (C=O) groups is 3. The van der Waals surface area contributed by atoms with Crippen molar-refractivity contribution in [1.82, 2.24) is 9.80 Å². The van der Waals surface area contributed by atoms with E-state index in [1.165, 1.54) is 9.80 Å². The lowest BCUT2D eigenvalue weighted by Crippen LogP contribution is -2.51. The van der Waals surface area contributed by atoms with Crippen molar-refractivity contribution in [3.63, 3.8) is 0 Å².